The SMILES string of the molecule is C=CCN1CCN(C(=O)CN2CCN(c3ccc(C(F)(F)F)cc3)CC2)CC1. The van der Waals surface area contributed by atoms with E-state index < -0.39 is 11.7 Å². The smallest absolute Gasteiger partial charge is 0.369 e. The number of nitrogens with zero attached hydrogens (tertiary/aromatic N) is 4. The van der Waals surface area contributed by atoms with E-state index in [1.807, 2.05) is 11.0 Å². The summed E-state index contributed by atoms with van der Waals surface area (Å²) in [5, 5.41) is 0. The van der Waals surface area contributed by atoms with Crippen LogP contribution >= 0.6 is 0 Å². The lowest BCUT2D eigenvalue weighted by Gasteiger charge is -2.38. The van der Waals surface area contributed by atoms with Gasteiger partial charge in [-0.25, -0.2) is 0 Å². The van der Waals surface area contributed by atoms with Gasteiger partial charge in [0.1, 0.15) is 0 Å². The number of piperazine rings is 2. The third-order valence-corrected chi connectivity index (χ3v) is 5.40. The summed E-state index contributed by atoms with van der Waals surface area (Å²) < 4.78 is 38.1. The van der Waals surface area contributed by atoms with Gasteiger partial charge in [0.05, 0.1) is 12.1 Å². The molecule has 1 amide bonds. The van der Waals surface area contributed by atoms with Crippen molar-refractivity contribution in [3.63, 3.8) is 0 Å². The lowest BCUT2D eigenvalue weighted by molar-refractivity contribution is -0.137. The maximum atomic E-state index is 12.7. The zero-order valence-electron chi connectivity index (χ0n) is 16.0. The van der Waals surface area contributed by atoms with Crippen LogP contribution in [-0.2, 0) is 11.0 Å². The number of carbonyl (C=O) groups excluding carboxylic acids is 1. The van der Waals surface area contributed by atoms with Crippen LogP contribution in [-0.4, -0.2) is 86.1 Å². The lowest BCUT2D eigenvalue weighted by atomic mass is 10.1. The molecular weight excluding hydrogens is 369 g/mol. The van der Waals surface area contributed by atoms with E-state index >= 15 is 0 Å². The van der Waals surface area contributed by atoms with Crippen molar-refractivity contribution in [2.75, 3.05) is 70.3 Å². The number of alkyl halides is 3. The predicted octanol–water partition coefficient (Wildman–Crippen LogP) is 2.16. The van der Waals surface area contributed by atoms with Crippen LogP contribution in [0.25, 0.3) is 0 Å². The van der Waals surface area contributed by atoms with Gasteiger partial charge in [0, 0.05) is 64.6 Å². The van der Waals surface area contributed by atoms with Crippen LogP contribution < -0.4 is 4.90 Å². The van der Waals surface area contributed by atoms with E-state index in [1.165, 1.54) is 12.1 Å². The maximum Gasteiger partial charge on any atom is 0.416 e. The number of amides is 1. The molecule has 0 unspecified atom stereocenters. The van der Waals surface area contributed by atoms with Gasteiger partial charge < -0.3 is 9.80 Å². The highest BCUT2D eigenvalue weighted by atomic mass is 19.4. The van der Waals surface area contributed by atoms with Crippen LogP contribution in [0.4, 0.5) is 18.9 Å². The van der Waals surface area contributed by atoms with Gasteiger partial charge in [0.25, 0.3) is 0 Å². The van der Waals surface area contributed by atoms with Crippen molar-refractivity contribution in [3.8, 4) is 0 Å². The summed E-state index contributed by atoms with van der Waals surface area (Å²) in [7, 11) is 0. The van der Waals surface area contributed by atoms with Gasteiger partial charge in [-0.05, 0) is 24.3 Å². The Morgan fingerprint density at radius 2 is 1.50 bits per heavy atom. The first-order valence-corrected chi connectivity index (χ1v) is 9.62. The third-order valence-electron chi connectivity index (χ3n) is 5.40. The average Bonchev–Trinajstić information content (AvgIpc) is 2.69. The summed E-state index contributed by atoms with van der Waals surface area (Å²) >= 11 is 0. The molecule has 0 spiro atoms. The van der Waals surface area contributed by atoms with Crippen LogP contribution in [0.15, 0.2) is 36.9 Å². The summed E-state index contributed by atoms with van der Waals surface area (Å²) in [5.41, 5.74) is 0.158. The zero-order valence-corrected chi connectivity index (χ0v) is 16.0. The van der Waals surface area contributed by atoms with Gasteiger partial charge in [0.15, 0.2) is 0 Å². The van der Waals surface area contributed by atoms with Gasteiger partial charge >= 0.3 is 6.18 Å². The molecule has 3 rings (SSSR count). The minimum Gasteiger partial charge on any atom is -0.369 e. The standard InChI is InChI=1S/C20H27F3N4O/c1-2-7-24-8-14-27(15-9-24)19(28)16-25-10-12-26(13-11-25)18-5-3-17(4-6-18)20(21,22)23/h2-6H,1,7-16H2. The van der Waals surface area contributed by atoms with Gasteiger partial charge in [-0.2, -0.15) is 13.2 Å². The minimum atomic E-state index is -4.31. The second kappa shape index (κ2) is 8.96. The van der Waals surface area contributed by atoms with E-state index in [1.54, 1.807) is 0 Å². The molecule has 0 radical (unpaired) electrons. The molecule has 8 heteroatoms. The fourth-order valence-electron chi connectivity index (χ4n) is 3.68. The van der Waals surface area contributed by atoms with Crippen molar-refractivity contribution < 1.29 is 18.0 Å². The number of rotatable bonds is 5. The number of anilines is 1. The van der Waals surface area contributed by atoms with E-state index in [2.05, 4.69) is 21.3 Å². The molecule has 28 heavy (non-hydrogen) atoms. The molecule has 0 aliphatic carbocycles. The first kappa shape index (κ1) is 20.7. The number of hydrogen-bond donors (Lipinski definition) is 0. The fraction of sp³-hybridized carbons (Fsp3) is 0.550. The van der Waals surface area contributed by atoms with E-state index in [0.29, 0.717) is 19.6 Å². The van der Waals surface area contributed by atoms with Crippen molar-refractivity contribution in [1.29, 1.82) is 0 Å². The summed E-state index contributed by atoms with van der Waals surface area (Å²) in [6.07, 6.45) is -2.43. The Bertz CT molecular complexity index is 661. The molecule has 0 bridgehead atoms. The number of carbonyl (C=O) groups is 1. The Morgan fingerprint density at radius 1 is 0.929 bits per heavy atom. The number of benzene rings is 1. The van der Waals surface area contributed by atoms with Crippen molar-refractivity contribution in [3.05, 3.63) is 42.5 Å². The predicted molar refractivity (Wildman–Crippen MR) is 103 cm³/mol. The highest BCUT2D eigenvalue weighted by Crippen LogP contribution is 2.30. The maximum absolute atomic E-state index is 12.7. The molecule has 0 aromatic heterocycles. The Kier molecular flexibility index (Phi) is 6.61. The summed E-state index contributed by atoms with van der Waals surface area (Å²) in [4.78, 5) is 20.9. The quantitative estimate of drug-likeness (QED) is 0.714. The normalized spacial score (nSPS) is 19.7. The Balaban J connectivity index is 1.44. The zero-order chi connectivity index (χ0) is 20.1. The molecule has 154 valence electrons. The van der Waals surface area contributed by atoms with Crippen LogP contribution in [0.1, 0.15) is 5.56 Å². The van der Waals surface area contributed by atoms with Crippen molar-refractivity contribution >= 4 is 11.6 Å². The van der Waals surface area contributed by atoms with Gasteiger partial charge in [0.2, 0.25) is 5.91 Å². The van der Waals surface area contributed by atoms with Crippen LogP contribution in [0.3, 0.4) is 0 Å². The molecule has 0 saturated carbocycles. The molecule has 5 nitrogen and oxygen atoms in total. The monoisotopic (exact) mass is 396 g/mol. The molecule has 2 aliphatic heterocycles. The van der Waals surface area contributed by atoms with Gasteiger partial charge in [-0.1, -0.05) is 6.08 Å². The largest absolute Gasteiger partial charge is 0.416 e. The molecule has 0 atom stereocenters. The molecule has 2 fully saturated rings. The third kappa shape index (κ3) is 5.26. The van der Waals surface area contributed by atoms with Crippen LogP contribution in [0.2, 0.25) is 0 Å². The van der Waals surface area contributed by atoms with Gasteiger partial charge in [-0.3, -0.25) is 14.6 Å². The Morgan fingerprint density at radius 3 is 2.04 bits per heavy atom. The highest BCUT2D eigenvalue weighted by Gasteiger charge is 2.30. The topological polar surface area (TPSA) is 30.0 Å². The fourth-order valence-corrected chi connectivity index (χ4v) is 3.68. The Labute approximate surface area is 164 Å². The average molecular weight is 396 g/mol. The highest BCUT2D eigenvalue weighted by molar-refractivity contribution is 5.78. The minimum absolute atomic E-state index is 0.154. The molecule has 1 aromatic rings. The first-order chi connectivity index (χ1) is 13.4. The summed E-state index contributed by atoms with van der Waals surface area (Å²) in [6, 6.07) is 5.28. The summed E-state index contributed by atoms with van der Waals surface area (Å²) in [6.45, 7) is 11.1. The van der Waals surface area contributed by atoms with E-state index in [4.69, 9.17) is 0 Å². The van der Waals surface area contributed by atoms with E-state index in [0.717, 1.165) is 63.6 Å². The van der Waals surface area contributed by atoms with E-state index in [-0.39, 0.29) is 5.91 Å². The van der Waals surface area contributed by atoms with Crippen molar-refractivity contribution in [2.24, 2.45) is 0 Å². The molecule has 1 aromatic carbocycles. The van der Waals surface area contributed by atoms with Crippen LogP contribution in [0.5, 0.6) is 0 Å². The number of halogens is 3. The van der Waals surface area contributed by atoms with Gasteiger partial charge in [-0.15, -0.1) is 6.58 Å². The molecule has 2 heterocycles. The summed E-state index contributed by atoms with van der Waals surface area (Å²) in [5.74, 6) is 0.154. The molecule has 2 aliphatic rings. The Hall–Kier alpha value is -2.06. The second-order valence-corrected chi connectivity index (χ2v) is 7.28. The molecule has 2 saturated heterocycles. The molecular formula is C20H27F3N4O. The molecule has 0 N–H and O–H groups in total. The van der Waals surface area contributed by atoms with Crippen LogP contribution in [0, 0.1) is 0 Å². The van der Waals surface area contributed by atoms with Crippen molar-refractivity contribution in [2.45, 2.75) is 6.18 Å². The lowest BCUT2D eigenvalue weighted by Crippen LogP contribution is -2.53. The number of hydrogen-bond acceptors (Lipinski definition) is 4. The van der Waals surface area contributed by atoms with E-state index in [9.17, 15) is 18.0 Å². The second-order valence-electron chi connectivity index (χ2n) is 7.28. The first-order valence-electron chi connectivity index (χ1n) is 9.62. The van der Waals surface area contributed by atoms with Crippen molar-refractivity contribution in [1.82, 2.24) is 14.7 Å².